The van der Waals surface area contributed by atoms with Gasteiger partial charge in [0.2, 0.25) is 0 Å². The molecule has 15 heavy (non-hydrogen) atoms. The SMILES string of the molecule is CN(S)c1cccc(OC(F)F)c1C#N. The smallest absolute Gasteiger partial charge is 0.387 e. The molecule has 0 atom stereocenters. The van der Waals surface area contributed by atoms with E-state index in [1.165, 1.54) is 16.4 Å². The molecule has 3 nitrogen and oxygen atoms in total. The first-order valence-corrected chi connectivity index (χ1v) is 4.36. The molecule has 0 aliphatic rings. The van der Waals surface area contributed by atoms with Gasteiger partial charge in [-0.05, 0) is 12.1 Å². The Morgan fingerprint density at radius 2 is 2.20 bits per heavy atom. The van der Waals surface area contributed by atoms with Crippen molar-refractivity contribution in [2.24, 2.45) is 0 Å². The zero-order chi connectivity index (χ0) is 11.4. The highest BCUT2D eigenvalue weighted by Crippen LogP contribution is 2.29. The fraction of sp³-hybridized carbons (Fsp3) is 0.222. The molecule has 0 aliphatic carbocycles. The second-order valence-electron chi connectivity index (χ2n) is 2.66. The van der Waals surface area contributed by atoms with Crippen LogP contribution in [0, 0.1) is 11.3 Å². The number of rotatable bonds is 3. The van der Waals surface area contributed by atoms with Crippen LogP contribution >= 0.6 is 12.8 Å². The van der Waals surface area contributed by atoms with E-state index in [1.807, 2.05) is 0 Å². The van der Waals surface area contributed by atoms with Gasteiger partial charge in [-0.1, -0.05) is 18.9 Å². The molecule has 6 heteroatoms. The van der Waals surface area contributed by atoms with Crippen molar-refractivity contribution in [1.82, 2.24) is 0 Å². The fourth-order valence-corrected chi connectivity index (χ4v) is 1.26. The molecule has 1 aromatic rings. The second kappa shape index (κ2) is 4.84. The van der Waals surface area contributed by atoms with Gasteiger partial charge in [-0.3, -0.25) is 0 Å². The first-order valence-electron chi connectivity index (χ1n) is 3.96. The number of thiol groups is 1. The van der Waals surface area contributed by atoms with Crippen LogP contribution in [-0.4, -0.2) is 13.7 Å². The van der Waals surface area contributed by atoms with Crippen LogP contribution in [0.3, 0.4) is 0 Å². The Labute approximate surface area is 91.4 Å². The summed E-state index contributed by atoms with van der Waals surface area (Å²) in [5.74, 6) is -0.147. The summed E-state index contributed by atoms with van der Waals surface area (Å²) in [4.78, 5) is 0. The van der Waals surface area contributed by atoms with Crippen molar-refractivity contribution in [3.63, 3.8) is 0 Å². The average Bonchev–Trinajstić information content (AvgIpc) is 2.16. The number of alkyl halides is 2. The lowest BCUT2D eigenvalue weighted by Crippen LogP contribution is -2.07. The lowest BCUT2D eigenvalue weighted by atomic mass is 10.2. The summed E-state index contributed by atoms with van der Waals surface area (Å²) in [6, 6.07) is 6.21. The summed E-state index contributed by atoms with van der Waals surface area (Å²) in [5.41, 5.74) is 0.453. The Balaban J connectivity index is 3.18. The molecule has 0 N–H and O–H groups in total. The molecule has 0 heterocycles. The van der Waals surface area contributed by atoms with Gasteiger partial charge in [-0.15, -0.1) is 0 Å². The van der Waals surface area contributed by atoms with Crippen LogP contribution in [0.25, 0.3) is 0 Å². The number of nitriles is 1. The maximum atomic E-state index is 12.0. The Kier molecular flexibility index (Phi) is 3.74. The van der Waals surface area contributed by atoms with Crippen LogP contribution < -0.4 is 9.04 Å². The third-order valence-electron chi connectivity index (χ3n) is 1.68. The minimum atomic E-state index is -2.95. The van der Waals surface area contributed by atoms with E-state index in [0.717, 1.165) is 0 Å². The normalized spacial score (nSPS) is 9.87. The van der Waals surface area contributed by atoms with Crippen molar-refractivity contribution >= 4 is 18.5 Å². The summed E-state index contributed by atoms with van der Waals surface area (Å²) in [7, 11) is 1.59. The number of ether oxygens (including phenoxy) is 1. The van der Waals surface area contributed by atoms with E-state index >= 15 is 0 Å². The van der Waals surface area contributed by atoms with Crippen molar-refractivity contribution in [2.75, 3.05) is 11.4 Å². The van der Waals surface area contributed by atoms with Gasteiger partial charge in [0, 0.05) is 7.05 Å². The third-order valence-corrected chi connectivity index (χ3v) is 1.90. The van der Waals surface area contributed by atoms with E-state index < -0.39 is 6.61 Å². The summed E-state index contributed by atoms with van der Waals surface area (Å²) in [6.45, 7) is -2.95. The van der Waals surface area contributed by atoms with Crippen LogP contribution in [0.4, 0.5) is 14.5 Å². The molecule has 0 fully saturated rings. The van der Waals surface area contributed by atoms with Crippen molar-refractivity contribution in [3.05, 3.63) is 23.8 Å². The molecule has 0 radical (unpaired) electrons. The summed E-state index contributed by atoms with van der Waals surface area (Å²) in [5, 5.41) is 8.83. The molecule has 80 valence electrons. The standard InChI is InChI=1S/C9H8F2N2OS/c1-13(15)7-3-2-4-8(6(7)5-12)14-9(10)11/h2-4,9,15H,1H3. The van der Waals surface area contributed by atoms with Crippen LogP contribution in [-0.2, 0) is 0 Å². The Morgan fingerprint density at radius 3 is 2.67 bits per heavy atom. The van der Waals surface area contributed by atoms with Gasteiger partial charge < -0.3 is 9.04 Å². The molecule has 0 aromatic heterocycles. The molecule has 1 rings (SSSR count). The van der Waals surface area contributed by atoms with Crippen LogP contribution in [0.1, 0.15) is 5.56 Å². The largest absolute Gasteiger partial charge is 0.433 e. The van der Waals surface area contributed by atoms with Crippen molar-refractivity contribution < 1.29 is 13.5 Å². The van der Waals surface area contributed by atoms with Gasteiger partial charge >= 0.3 is 6.61 Å². The van der Waals surface area contributed by atoms with E-state index in [0.29, 0.717) is 5.69 Å². The van der Waals surface area contributed by atoms with Crippen molar-refractivity contribution in [2.45, 2.75) is 6.61 Å². The van der Waals surface area contributed by atoms with Crippen LogP contribution in [0.2, 0.25) is 0 Å². The highest BCUT2D eigenvalue weighted by molar-refractivity contribution is 7.81. The first kappa shape index (κ1) is 11.6. The number of anilines is 1. The maximum Gasteiger partial charge on any atom is 0.387 e. The van der Waals surface area contributed by atoms with Crippen LogP contribution in [0.5, 0.6) is 5.75 Å². The Hall–Kier alpha value is -1.48. The number of halogens is 2. The zero-order valence-electron chi connectivity index (χ0n) is 7.82. The van der Waals surface area contributed by atoms with E-state index in [-0.39, 0.29) is 11.3 Å². The van der Waals surface area contributed by atoms with E-state index in [2.05, 4.69) is 17.6 Å². The molecule has 0 bridgehead atoms. The molecule has 0 saturated heterocycles. The van der Waals surface area contributed by atoms with E-state index in [1.54, 1.807) is 19.2 Å². The summed E-state index contributed by atoms with van der Waals surface area (Å²) >= 11 is 3.99. The van der Waals surface area contributed by atoms with Crippen molar-refractivity contribution in [1.29, 1.82) is 5.26 Å². The molecule has 0 unspecified atom stereocenters. The molecular weight excluding hydrogens is 222 g/mol. The number of hydrogen-bond donors (Lipinski definition) is 1. The summed E-state index contributed by atoms with van der Waals surface area (Å²) in [6.07, 6.45) is 0. The van der Waals surface area contributed by atoms with Gasteiger partial charge in [-0.2, -0.15) is 14.0 Å². The van der Waals surface area contributed by atoms with Gasteiger partial charge in [0.25, 0.3) is 0 Å². The molecular formula is C9H8F2N2OS. The molecule has 0 amide bonds. The quantitative estimate of drug-likeness (QED) is 0.810. The third kappa shape index (κ3) is 2.73. The minimum absolute atomic E-state index is 0.0373. The van der Waals surface area contributed by atoms with Crippen LogP contribution in [0.15, 0.2) is 18.2 Å². The zero-order valence-corrected chi connectivity index (χ0v) is 8.71. The van der Waals surface area contributed by atoms with E-state index in [9.17, 15) is 8.78 Å². The fourth-order valence-electron chi connectivity index (χ4n) is 1.10. The Morgan fingerprint density at radius 1 is 1.53 bits per heavy atom. The lowest BCUT2D eigenvalue weighted by molar-refractivity contribution is -0.0499. The minimum Gasteiger partial charge on any atom is -0.433 e. The molecule has 1 aromatic carbocycles. The highest BCUT2D eigenvalue weighted by Gasteiger charge is 2.14. The topological polar surface area (TPSA) is 36.3 Å². The second-order valence-corrected chi connectivity index (χ2v) is 3.26. The van der Waals surface area contributed by atoms with Crippen molar-refractivity contribution in [3.8, 4) is 11.8 Å². The number of hydrogen-bond acceptors (Lipinski definition) is 4. The van der Waals surface area contributed by atoms with Gasteiger partial charge in [-0.25, -0.2) is 0 Å². The Bertz CT molecular complexity index is 390. The molecule has 0 spiro atoms. The monoisotopic (exact) mass is 230 g/mol. The number of nitrogens with zero attached hydrogens (tertiary/aromatic N) is 2. The maximum absolute atomic E-state index is 12.0. The highest BCUT2D eigenvalue weighted by atomic mass is 32.1. The van der Waals surface area contributed by atoms with Gasteiger partial charge in [0.1, 0.15) is 17.4 Å². The first-order chi connectivity index (χ1) is 7.06. The predicted octanol–water partition coefficient (Wildman–Crippen LogP) is 2.44. The summed E-state index contributed by atoms with van der Waals surface area (Å²) < 4.78 is 29.6. The molecule has 0 aliphatic heterocycles. The predicted molar refractivity (Wildman–Crippen MR) is 55.2 cm³/mol. The lowest BCUT2D eigenvalue weighted by Gasteiger charge is -2.15. The molecule has 0 saturated carbocycles. The van der Waals surface area contributed by atoms with Gasteiger partial charge in [0.15, 0.2) is 0 Å². The van der Waals surface area contributed by atoms with Gasteiger partial charge in [0.05, 0.1) is 5.69 Å². The number of benzene rings is 1. The average molecular weight is 230 g/mol. The van der Waals surface area contributed by atoms with E-state index in [4.69, 9.17) is 5.26 Å².